The van der Waals surface area contributed by atoms with Gasteiger partial charge in [-0.25, -0.2) is 4.39 Å². The maximum absolute atomic E-state index is 14.2. The van der Waals surface area contributed by atoms with E-state index in [1.165, 1.54) is 6.20 Å². The van der Waals surface area contributed by atoms with Crippen molar-refractivity contribution in [2.75, 3.05) is 0 Å². The van der Waals surface area contributed by atoms with Crippen LogP contribution in [-0.4, -0.2) is 21.7 Å². The molecule has 3 rings (SSSR count). The molecule has 0 unspecified atom stereocenters. The van der Waals surface area contributed by atoms with Gasteiger partial charge in [-0.2, -0.15) is 0 Å². The first-order valence-electron chi connectivity index (χ1n) is 5.62. The fraction of sp³-hybridized carbons (Fsp3) is 0.250. The number of hydrogen-bond donors (Lipinski definition) is 0. The van der Waals surface area contributed by atoms with Crippen molar-refractivity contribution in [3.63, 3.8) is 0 Å². The van der Waals surface area contributed by atoms with E-state index >= 15 is 0 Å². The van der Waals surface area contributed by atoms with E-state index in [1.54, 1.807) is 6.07 Å². The predicted molar refractivity (Wildman–Crippen MR) is 69.4 cm³/mol. The number of pyridine rings is 1. The van der Waals surface area contributed by atoms with Crippen molar-refractivity contribution in [1.82, 2.24) is 9.88 Å². The van der Waals surface area contributed by atoms with E-state index in [4.69, 9.17) is 11.6 Å². The number of nitrogens with zero attached hydrogens (tertiary/aromatic N) is 2. The molecule has 1 aliphatic heterocycles. The van der Waals surface area contributed by atoms with Crippen LogP contribution in [0.25, 0.3) is 10.2 Å². The minimum Gasteiger partial charge on any atom is -0.277 e. The molecule has 3 heterocycles. The zero-order valence-electron chi connectivity index (χ0n) is 9.65. The number of halogens is 2. The number of carbonyl (C=O) groups excluding carboxylic acids is 2. The molecule has 0 spiro atoms. The van der Waals surface area contributed by atoms with Crippen molar-refractivity contribution in [3.8, 4) is 0 Å². The third-order valence-electron chi connectivity index (χ3n) is 2.99. The van der Waals surface area contributed by atoms with E-state index in [2.05, 4.69) is 4.98 Å². The van der Waals surface area contributed by atoms with Crippen LogP contribution in [0.2, 0.25) is 5.02 Å². The molecule has 0 aliphatic carbocycles. The number of likely N-dealkylation sites (tertiary alicyclic amines) is 1. The molecule has 0 N–H and O–H groups in total. The van der Waals surface area contributed by atoms with E-state index in [9.17, 15) is 14.0 Å². The van der Waals surface area contributed by atoms with Gasteiger partial charge in [-0.15, -0.1) is 11.3 Å². The van der Waals surface area contributed by atoms with Gasteiger partial charge in [-0.3, -0.25) is 19.5 Å². The van der Waals surface area contributed by atoms with E-state index in [0.717, 1.165) is 16.2 Å². The maximum Gasteiger partial charge on any atom is 0.230 e. The summed E-state index contributed by atoms with van der Waals surface area (Å²) >= 11 is 7.10. The Hall–Kier alpha value is -1.53. The second-order valence-corrected chi connectivity index (χ2v) is 5.70. The smallest absolute Gasteiger partial charge is 0.230 e. The second-order valence-electron chi connectivity index (χ2n) is 4.18. The Kier molecular flexibility index (Phi) is 2.99. The number of fused-ring (bicyclic) bond motifs is 1. The Morgan fingerprint density at radius 3 is 2.68 bits per heavy atom. The Labute approximate surface area is 116 Å². The van der Waals surface area contributed by atoms with Crippen molar-refractivity contribution in [3.05, 3.63) is 28.0 Å². The molecule has 98 valence electrons. The average Bonchev–Trinajstić information content (AvgIpc) is 2.87. The highest BCUT2D eigenvalue weighted by Gasteiger charge is 2.30. The van der Waals surface area contributed by atoms with E-state index in [1.807, 2.05) is 0 Å². The van der Waals surface area contributed by atoms with Gasteiger partial charge in [0.15, 0.2) is 5.82 Å². The lowest BCUT2D eigenvalue weighted by Gasteiger charge is -2.11. The summed E-state index contributed by atoms with van der Waals surface area (Å²) in [6.07, 6.45) is 1.82. The number of hydrogen-bond acceptors (Lipinski definition) is 4. The van der Waals surface area contributed by atoms with Gasteiger partial charge in [-0.05, 0) is 6.07 Å². The lowest BCUT2D eigenvalue weighted by molar-refractivity contribution is -0.139. The predicted octanol–water partition coefficient (Wildman–Crippen LogP) is 2.74. The first-order chi connectivity index (χ1) is 9.08. The molecule has 2 amide bonds. The molecule has 7 heteroatoms. The minimum absolute atomic E-state index is 0.0408. The molecule has 0 radical (unpaired) electrons. The molecule has 4 nitrogen and oxygen atoms in total. The first kappa shape index (κ1) is 12.5. The maximum atomic E-state index is 14.2. The van der Waals surface area contributed by atoms with E-state index in [-0.39, 0.29) is 36.7 Å². The summed E-state index contributed by atoms with van der Waals surface area (Å²) in [5.41, 5.74) is 0.187. The summed E-state index contributed by atoms with van der Waals surface area (Å²) in [7, 11) is 0. The van der Waals surface area contributed by atoms with Crippen LogP contribution in [-0.2, 0) is 16.1 Å². The van der Waals surface area contributed by atoms with Crippen LogP contribution in [0.5, 0.6) is 0 Å². The highest BCUT2D eigenvalue weighted by Crippen LogP contribution is 2.34. The van der Waals surface area contributed by atoms with Gasteiger partial charge in [0.2, 0.25) is 11.8 Å². The van der Waals surface area contributed by atoms with Crippen LogP contribution < -0.4 is 0 Å². The highest BCUT2D eigenvalue weighted by molar-refractivity contribution is 7.19. The molecule has 2 aromatic rings. The number of thiophene rings is 1. The zero-order valence-corrected chi connectivity index (χ0v) is 11.2. The first-order valence-corrected chi connectivity index (χ1v) is 6.82. The van der Waals surface area contributed by atoms with Crippen LogP contribution in [0.15, 0.2) is 12.3 Å². The summed E-state index contributed by atoms with van der Waals surface area (Å²) < 4.78 is 14.7. The second kappa shape index (κ2) is 4.54. The number of amides is 2. The SMILES string of the molecule is O=C1CCC(=O)N1Cc1sc2c(Cl)ccnc2c1F. The van der Waals surface area contributed by atoms with E-state index < -0.39 is 5.82 Å². The van der Waals surface area contributed by atoms with E-state index in [0.29, 0.717) is 14.6 Å². The summed E-state index contributed by atoms with van der Waals surface area (Å²) in [6.45, 7) is -0.0408. The van der Waals surface area contributed by atoms with Gasteiger partial charge in [0.1, 0.15) is 5.52 Å². The van der Waals surface area contributed by atoms with Crippen LogP contribution in [0.3, 0.4) is 0 Å². The number of aromatic nitrogens is 1. The Morgan fingerprint density at radius 2 is 2.05 bits per heavy atom. The lowest BCUT2D eigenvalue weighted by Crippen LogP contribution is -2.28. The summed E-state index contributed by atoms with van der Waals surface area (Å²) in [4.78, 5) is 28.4. The highest BCUT2D eigenvalue weighted by atomic mass is 35.5. The largest absolute Gasteiger partial charge is 0.277 e. The molecule has 0 bridgehead atoms. The lowest BCUT2D eigenvalue weighted by atomic mass is 10.3. The Bertz CT molecular complexity index is 684. The van der Waals surface area contributed by atoms with Gasteiger partial charge in [0, 0.05) is 19.0 Å². The summed E-state index contributed by atoms with van der Waals surface area (Å²) in [6, 6.07) is 1.58. The number of imide groups is 1. The minimum atomic E-state index is -0.505. The fourth-order valence-electron chi connectivity index (χ4n) is 2.02. The van der Waals surface area contributed by atoms with Gasteiger partial charge in [0.05, 0.1) is 21.1 Å². The number of rotatable bonds is 2. The fourth-order valence-corrected chi connectivity index (χ4v) is 3.32. The van der Waals surface area contributed by atoms with Crippen LogP contribution in [0.1, 0.15) is 17.7 Å². The van der Waals surface area contributed by atoms with Crippen LogP contribution in [0.4, 0.5) is 4.39 Å². The van der Waals surface area contributed by atoms with Gasteiger partial charge >= 0.3 is 0 Å². The Morgan fingerprint density at radius 1 is 1.37 bits per heavy atom. The van der Waals surface area contributed by atoms with Gasteiger partial charge in [-0.1, -0.05) is 11.6 Å². The number of carbonyl (C=O) groups is 2. The van der Waals surface area contributed by atoms with Crippen molar-refractivity contribution in [1.29, 1.82) is 0 Å². The molecule has 19 heavy (non-hydrogen) atoms. The summed E-state index contributed by atoms with van der Waals surface area (Å²) in [5.74, 6) is -1.03. The molecular weight excluding hydrogens is 291 g/mol. The normalized spacial score (nSPS) is 15.8. The Balaban J connectivity index is 2.02. The monoisotopic (exact) mass is 298 g/mol. The molecule has 0 saturated carbocycles. The summed E-state index contributed by atoms with van der Waals surface area (Å²) in [5, 5.41) is 0.416. The average molecular weight is 299 g/mol. The topological polar surface area (TPSA) is 50.3 Å². The van der Waals surface area contributed by atoms with Crippen molar-refractivity contribution < 1.29 is 14.0 Å². The quantitative estimate of drug-likeness (QED) is 0.801. The molecule has 0 aromatic carbocycles. The van der Waals surface area contributed by atoms with Crippen LogP contribution in [0, 0.1) is 5.82 Å². The molecule has 0 atom stereocenters. The third-order valence-corrected chi connectivity index (χ3v) is 4.59. The van der Waals surface area contributed by atoms with Gasteiger partial charge in [0.25, 0.3) is 0 Å². The standard InChI is InChI=1S/C12H8ClFN2O2S/c13-6-3-4-15-11-10(14)7(19-12(6)11)5-16-8(17)1-2-9(16)18/h3-4H,1-2,5H2. The molecule has 1 saturated heterocycles. The molecule has 1 aliphatic rings. The van der Waals surface area contributed by atoms with Crippen molar-refractivity contribution in [2.24, 2.45) is 0 Å². The van der Waals surface area contributed by atoms with Crippen molar-refractivity contribution in [2.45, 2.75) is 19.4 Å². The van der Waals surface area contributed by atoms with Crippen LogP contribution >= 0.6 is 22.9 Å². The van der Waals surface area contributed by atoms with Gasteiger partial charge < -0.3 is 0 Å². The third kappa shape index (κ3) is 2.01. The molecule has 1 fully saturated rings. The molecule has 2 aromatic heterocycles. The molecular formula is C12H8ClFN2O2S. The zero-order chi connectivity index (χ0) is 13.6. The van der Waals surface area contributed by atoms with Crippen molar-refractivity contribution >= 4 is 45.0 Å².